The van der Waals surface area contributed by atoms with E-state index in [1.54, 1.807) is 59.1 Å². The lowest BCUT2D eigenvalue weighted by atomic mass is 10.0. The quantitative estimate of drug-likeness (QED) is 0.0619. The van der Waals surface area contributed by atoms with Crippen LogP contribution in [-0.2, 0) is 19.6 Å². The fourth-order valence-corrected chi connectivity index (χ4v) is 8.96. The van der Waals surface area contributed by atoms with Gasteiger partial charge in [-0.2, -0.15) is 10.5 Å². The number of ether oxygens (including phenoxy) is 3. The SMILES string of the molecule is C.CNCc1cc(C#N)no1.C[C@@H](Oc1cc(Br)cnc1N)c1cc(F)ccc1C(=O)O.C[C@H]1Oc2cc(cnc2N)-c2c(C#N)noc2CNC(=O)c2ccc(F)cc21.[C-]#[N+]c1cc(CN(C)C(=O)c2ccc(F)cc2[C@@H](C)Oc2cc(Br)cnc2N)on1. The van der Waals surface area contributed by atoms with Gasteiger partial charge < -0.3 is 65.9 Å². The fourth-order valence-electron chi connectivity index (χ4n) is 8.34. The van der Waals surface area contributed by atoms with Crippen molar-refractivity contribution in [1.29, 1.82) is 10.5 Å². The predicted octanol–water partition coefficient (Wildman–Crippen LogP) is 11.5. The topological polar surface area (TPSA) is 373 Å². The Morgan fingerprint density at radius 3 is 1.96 bits per heavy atom. The van der Waals surface area contributed by atoms with Crippen LogP contribution in [0.4, 0.5) is 36.4 Å². The first kappa shape index (κ1) is 68.2. The molecule has 9 N–H and O–H groups in total. The molecule has 0 saturated carbocycles. The van der Waals surface area contributed by atoms with Gasteiger partial charge >= 0.3 is 11.8 Å². The maximum atomic E-state index is 14.0. The molecule has 0 fully saturated rings. The Kier molecular flexibility index (Phi) is 23.6. The second-order valence-electron chi connectivity index (χ2n) is 18.8. The van der Waals surface area contributed by atoms with Crippen molar-refractivity contribution >= 4 is 72.9 Å². The zero-order valence-electron chi connectivity index (χ0n) is 47.4. The molecule has 1 aliphatic heterocycles. The lowest BCUT2D eigenvalue weighted by molar-refractivity contribution is 0.0690. The number of carboxylic acid groups (broad SMARTS) is 1. The molecule has 10 rings (SSSR count). The Morgan fingerprint density at radius 2 is 1.39 bits per heavy atom. The number of anilines is 3. The first-order valence-corrected chi connectivity index (χ1v) is 27.5. The second kappa shape index (κ2) is 31.2. The Balaban J connectivity index is 0.000000200. The number of fused-ring (bicyclic) bond motifs is 5. The fraction of sp³-hybridized carbons (Fsp3) is 0.200. The summed E-state index contributed by atoms with van der Waals surface area (Å²) in [4.78, 5) is 53.5. The Morgan fingerprint density at radius 1 is 0.811 bits per heavy atom. The molecule has 1 aliphatic rings. The minimum atomic E-state index is -1.15. The minimum Gasteiger partial charge on any atom is -0.482 e. The molecule has 0 spiro atoms. The molecule has 0 radical (unpaired) electrons. The summed E-state index contributed by atoms with van der Waals surface area (Å²) in [5.74, 6) is -0.794. The highest BCUT2D eigenvalue weighted by atomic mass is 79.9. The second-order valence-corrected chi connectivity index (χ2v) is 20.7. The number of nitrogen functional groups attached to an aromatic ring is 3. The van der Waals surface area contributed by atoms with Crippen LogP contribution < -0.4 is 42.0 Å². The summed E-state index contributed by atoms with van der Waals surface area (Å²) in [5, 5.41) is 43.2. The van der Waals surface area contributed by atoms with E-state index in [1.807, 2.05) is 12.1 Å². The number of nitrogens with two attached hydrogens (primary N) is 3. The van der Waals surface area contributed by atoms with Crippen molar-refractivity contribution in [2.45, 2.75) is 66.1 Å². The van der Waals surface area contributed by atoms with Gasteiger partial charge in [0.05, 0.1) is 35.9 Å². The van der Waals surface area contributed by atoms with Crippen LogP contribution in [-0.4, -0.2) is 72.3 Å². The van der Waals surface area contributed by atoms with E-state index in [4.69, 9.17) is 61.9 Å². The van der Waals surface area contributed by atoms with Gasteiger partial charge in [0.15, 0.2) is 63.4 Å². The number of halogens is 5. The molecule has 25 nitrogen and oxygen atoms in total. The Bertz CT molecular complexity index is 4200. The lowest BCUT2D eigenvalue weighted by Crippen LogP contribution is -2.27. The molecule has 0 aliphatic carbocycles. The van der Waals surface area contributed by atoms with Crippen LogP contribution >= 0.6 is 31.9 Å². The number of benzene rings is 3. The first-order valence-electron chi connectivity index (χ1n) is 26.0. The largest absolute Gasteiger partial charge is 0.482 e. The van der Waals surface area contributed by atoms with E-state index in [-0.39, 0.29) is 94.9 Å². The van der Waals surface area contributed by atoms with E-state index < -0.39 is 47.6 Å². The highest BCUT2D eigenvalue weighted by Gasteiger charge is 2.27. The molecule has 2 amide bonds. The third kappa shape index (κ3) is 17.4. The van der Waals surface area contributed by atoms with Crippen molar-refractivity contribution < 1.29 is 60.4 Å². The smallest absolute Gasteiger partial charge is 0.336 e. The van der Waals surface area contributed by atoms with Crippen molar-refractivity contribution in [2.24, 2.45) is 0 Å². The van der Waals surface area contributed by atoms with Gasteiger partial charge in [0.2, 0.25) is 0 Å². The summed E-state index contributed by atoms with van der Waals surface area (Å²) in [6.07, 6.45) is 2.42. The number of nitrogens with one attached hydrogen (secondary N) is 2. The van der Waals surface area contributed by atoms with Gasteiger partial charge in [-0.1, -0.05) is 24.3 Å². The monoisotopic (exact) mass is 1360 g/mol. The average molecular weight is 1360 g/mol. The molecule has 90 heavy (non-hydrogen) atoms. The van der Waals surface area contributed by atoms with Crippen LogP contribution in [0.15, 0.2) is 126 Å². The van der Waals surface area contributed by atoms with Crippen LogP contribution in [0.3, 0.4) is 0 Å². The molecule has 6 aromatic heterocycles. The van der Waals surface area contributed by atoms with Gasteiger partial charge in [0.25, 0.3) is 11.8 Å². The molecule has 3 atom stereocenters. The minimum absolute atomic E-state index is 0. The molecule has 9 aromatic rings. The van der Waals surface area contributed by atoms with E-state index in [0.717, 1.165) is 12.1 Å². The summed E-state index contributed by atoms with van der Waals surface area (Å²) < 4.78 is 74.9. The maximum absolute atomic E-state index is 14.0. The molecular weight excluding hydrogens is 1310 g/mol. The summed E-state index contributed by atoms with van der Waals surface area (Å²) in [6, 6.07) is 22.9. The van der Waals surface area contributed by atoms with Gasteiger partial charge in [-0.25, -0.2) is 32.9 Å². The van der Waals surface area contributed by atoms with Gasteiger partial charge in [-0.05, 0) is 132 Å². The van der Waals surface area contributed by atoms with E-state index in [9.17, 15) is 32.8 Å². The van der Waals surface area contributed by atoms with Gasteiger partial charge in [0.1, 0.15) is 47.9 Å². The van der Waals surface area contributed by atoms with Crippen LogP contribution in [0.5, 0.6) is 17.2 Å². The van der Waals surface area contributed by atoms with E-state index >= 15 is 0 Å². The van der Waals surface area contributed by atoms with Crippen molar-refractivity contribution in [3.8, 4) is 40.5 Å². The third-order valence-electron chi connectivity index (χ3n) is 12.5. The van der Waals surface area contributed by atoms with Gasteiger partial charge in [-0.15, -0.1) is 0 Å². The number of rotatable bonds is 12. The summed E-state index contributed by atoms with van der Waals surface area (Å²) in [5.41, 5.74) is 20.2. The molecule has 30 heteroatoms. The normalized spacial score (nSPS) is 12.6. The van der Waals surface area contributed by atoms with Crippen molar-refractivity contribution in [2.75, 3.05) is 31.3 Å². The number of hydrogen-bond acceptors (Lipinski definition) is 21. The summed E-state index contributed by atoms with van der Waals surface area (Å²) >= 11 is 6.54. The summed E-state index contributed by atoms with van der Waals surface area (Å²) in [7, 11) is 3.37. The highest BCUT2D eigenvalue weighted by Crippen LogP contribution is 2.36. The van der Waals surface area contributed by atoms with Gasteiger partial charge in [0, 0.05) is 80.1 Å². The Hall–Kier alpha value is -10.9. The number of hydrogen-bond donors (Lipinski definition) is 6. The van der Waals surface area contributed by atoms with Crippen LogP contribution in [0.1, 0.15) is 123 Å². The number of aromatic nitrogens is 6. The lowest BCUT2D eigenvalue weighted by Gasteiger charge is -2.22. The molecule has 3 aromatic carbocycles. The molecule has 0 unspecified atom stereocenters. The van der Waals surface area contributed by atoms with E-state index in [1.165, 1.54) is 72.0 Å². The van der Waals surface area contributed by atoms with E-state index in [2.05, 4.69) is 77.8 Å². The molecular formula is C60H54Br2F3N15O10. The highest BCUT2D eigenvalue weighted by molar-refractivity contribution is 9.10. The predicted molar refractivity (Wildman–Crippen MR) is 325 cm³/mol. The number of aromatic carboxylic acids is 1. The van der Waals surface area contributed by atoms with E-state index in [0.29, 0.717) is 60.7 Å². The number of amides is 2. The maximum Gasteiger partial charge on any atom is 0.336 e. The van der Waals surface area contributed by atoms with Crippen molar-refractivity contribution in [3.63, 3.8) is 0 Å². The van der Waals surface area contributed by atoms with Gasteiger partial charge in [-0.3, -0.25) is 14.1 Å². The zero-order chi connectivity index (χ0) is 64.6. The number of carbonyl (C=O) groups excluding carboxylic acids is 2. The number of nitriles is 2. The zero-order valence-corrected chi connectivity index (χ0v) is 50.6. The molecule has 7 heterocycles. The van der Waals surface area contributed by atoms with Crippen molar-refractivity contribution in [1.82, 2.24) is 46.0 Å². The number of nitrogens with zero attached hydrogens (tertiary/aromatic N) is 10. The van der Waals surface area contributed by atoms with Crippen molar-refractivity contribution in [3.05, 3.63) is 203 Å². The first-order chi connectivity index (χ1) is 42.5. The molecule has 0 saturated heterocycles. The summed E-state index contributed by atoms with van der Waals surface area (Å²) in [6.45, 7) is 12.6. The van der Waals surface area contributed by atoms with Crippen LogP contribution in [0.2, 0.25) is 0 Å². The number of carbonyl (C=O) groups is 3. The number of carboxylic acids is 1. The standard InChI is InChI=1S/C20H17BrFN5O3.C19H14FN5O3.C14H12BrFN2O3.C6H7N3O.CH4/c1-11(29-17-6-12(21)9-25-19(17)23)16-7-13(22)4-5-15(16)20(28)27(3)10-14-8-18(24-2)26-30-14;1-9-13-5-11(20)2-3-12(13)19(26)24-8-16-17(14(6-21)25-28-16)10-4-15(27-9)18(22)23-7-10;1-7(21-12-4-8(15)6-18-13(12)17)11-5-9(16)2-3-10(11)14(19)20;1-8-4-6-2-5(3-7)9-10-6;/h4-9,11H,10H2,1,3H3,(H2,23,25);2-5,7,9H,8H2,1H3,(H2,22,23)(H,24,26);2-7H,1H3,(H2,17,18)(H,19,20);2,8H,4H2,1H3;1H4/t11-;9-;7-;;/m111../s1. The molecule has 2 bridgehead atoms. The number of pyridine rings is 3. The van der Waals surface area contributed by atoms with Crippen LogP contribution in [0.25, 0.3) is 16.0 Å². The Labute approximate surface area is 528 Å². The third-order valence-corrected chi connectivity index (χ3v) is 13.4. The molecule has 464 valence electrons. The average Bonchev–Trinajstić information content (AvgIpc) is 1.63. The van der Waals surface area contributed by atoms with Crippen LogP contribution in [0, 0.1) is 46.7 Å².